The highest BCUT2D eigenvalue weighted by Crippen LogP contribution is 2.46. The van der Waals surface area contributed by atoms with Gasteiger partial charge >= 0.3 is 0 Å². The molecule has 0 aromatic heterocycles. The summed E-state index contributed by atoms with van der Waals surface area (Å²) in [7, 11) is 3.08. The minimum absolute atomic E-state index is 0.346. The Morgan fingerprint density at radius 3 is 2.12 bits per heavy atom. The topological polar surface area (TPSA) is 66.4 Å². The Bertz CT molecular complexity index is 586. The number of rotatable bonds is 4. The van der Waals surface area contributed by atoms with Gasteiger partial charge in [-0.05, 0) is 32.9 Å². The summed E-state index contributed by atoms with van der Waals surface area (Å²) in [6.07, 6.45) is -2.31. The van der Waals surface area contributed by atoms with Gasteiger partial charge in [0.2, 0.25) is 11.6 Å². The van der Waals surface area contributed by atoms with Gasteiger partial charge in [-0.2, -0.15) is 0 Å². The molecule has 2 heterocycles. The molecule has 7 heteroatoms. The summed E-state index contributed by atoms with van der Waals surface area (Å²) >= 11 is 1.54. The van der Waals surface area contributed by atoms with Crippen molar-refractivity contribution in [3.05, 3.63) is 30.3 Å². The Morgan fingerprint density at radius 1 is 1.00 bits per heavy atom. The number of methoxy groups -OCH3 is 2. The number of benzene rings is 1. The molecule has 0 spiro atoms. The summed E-state index contributed by atoms with van der Waals surface area (Å²) in [6, 6.07) is 9.93. The number of ether oxygens (including phenoxy) is 5. The van der Waals surface area contributed by atoms with Crippen molar-refractivity contribution < 1.29 is 28.8 Å². The van der Waals surface area contributed by atoms with E-state index in [4.69, 9.17) is 23.7 Å². The van der Waals surface area contributed by atoms with Crippen molar-refractivity contribution in [2.45, 2.75) is 67.1 Å². The first-order valence-corrected chi connectivity index (χ1v) is 9.22. The minimum atomic E-state index is -1.15. The average Bonchev–Trinajstić information content (AvgIpc) is 2.62. The van der Waals surface area contributed by atoms with Crippen LogP contribution in [-0.4, -0.2) is 60.8 Å². The Morgan fingerprint density at radius 2 is 1.56 bits per heavy atom. The van der Waals surface area contributed by atoms with Crippen molar-refractivity contribution >= 4 is 11.8 Å². The molecule has 1 N–H and O–H groups in total. The SMILES string of the molecule is COC1(C)OC2C(OC1(C)OC)[C@@H](Sc1ccccc1)OC(C)[C@H]2O. The predicted molar refractivity (Wildman–Crippen MR) is 93.2 cm³/mol. The van der Waals surface area contributed by atoms with E-state index in [2.05, 4.69) is 0 Å². The Kier molecular flexibility index (Phi) is 5.46. The number of aliphatic hydroxyl groups is 1. The highest BCUT2D eigenvalue weighted by Gasteiger charge is 2.61. The van der Waals surface area contributed by atoms with Gasteiger partial charge in [-0.25, -0.2) is 0 Å². The standard InChI is InChI=1S/C18H26O6S/c1-11-13(19)14-15(16(22-11)25-12-9-7-6-8-10-12)24-18(3,21-5)17(2,20-4)23-14/h6-11,13-16,19H,1-5H3/t11?,13-,14?,15?,16-,17?,18?/m1/s1. The van der Waals surface area contributed by atoms with Gasteiger partial charge in [-0.3, -0.25) is 0 Å². The molecule has 2 saturated heterocycles. The van der Waals surface area contributed by atoms with E-state index in [1.807, 2.05) is 37.3 Å². The van der Waals surface area contributed by atoms with Crippen LogP contribution in [-0.2, 0) is 23.7 Å². The summed E-state index contributed by atoms with van der Waals surface area (Å²) in [4.78, 5) is 1.05. The minimum Gasteiger partial charge on any atom is -0.388 e. The Balaban J connectivity index is 1.90. The van der Waals surface area contributed by atoms with Gasteiger partial charge in [-0.15, -0.1) is 0 Å². The molecule has 0 aliphatic carbocycles. The maximum Gasteiger partial charge on any atom is 0.220 e. The second-order valence-corrected chi connectivity index (χ2v) is 7.77. The molecule has 1 aromatic carbocycles. The zero-order valence-corrected chi connectivity index (χ0v) is 16.0. The molecule has 7 atom stereocenters. The Labute approximate surface area is 152 Å². The summed E-state index contributed by atoms with van der Waals surface area (Å²) in [5.41, 5.74) is -0.346. The van der Waals surface area contributed by atoms with E-state index in [1.165, 1.54) is 7.11 Å². The molecule has 0 bridgehead atoms. The first-order valence-electron chi connectivity index (χ1n) is 8.35. The van der Waals surface area contributed by atoms with E-state index >= 15 is 0 Å². The molecule has 1 aromatic rings. The molecule has 2 fully saturated rings. The highest BCUT2D eigenvalue weighted by atomic mass is 32.2. The molecule has 0 amide bonds. The zero-order chi connectivity index (χ0) is 18.2. The van der Waals surface area contributed by atoms with E-state index in [0.29, 0.717) is 0 Å². The maximum atomic E-state index is 10.6. The Hall–Kier alpha value is -0.670. The lowest BCUT2D eigenvalue weighted by Gasteiger charge is -2.56. The smallest absolute Gasteiger partial charge is 0.220 e. The fourth-order valence-electron chi connectivity index (χ4n) is 3.17. The molecule has 2 aliphatic rings. The predicted octanol–water partition coefficient (Wildman–Crippen LogP) is 2.39. The molecule has 0 radical (unpaired) electrons. The molecule has 6 nitrogen and oxygen atoms in total. The van der Waals surface area contributed by atoms with Crippen LogP contribution in [0.2, 0.25) is 0 Å². The summed E-state index contributed by atoms with van der Waals surface area (Å²) < 4.78 is 29.6. The second-order valence-electron chi connectivity index (χ2n) is 6.60. The van der Waals surface area contributed by atoms with Crippen LogP contribution in [0.1, 0.15) is 20.8 Å². The number of thioether (sulfide) groups is 1. The molecular formula is C18H26O6S. The third-order valence-electron chi connectivity index (χ3n) is 5.08. The molecular weight excluding hydrogens is 344 g/mol. The van der Waals surface area contributed by atoms with Crippen LogP contribution < -0.4 is 0 Å². The van der Waals surface area contributed by atoms with Crippen LogP contribution in [0.3, 0.4) is 0 Å². The monoisotopic (exact) mass is 370 g/mol. The van der Waals surface area contributed by atoms with Crippen LogP contribution in [0.15, 0.2) is 35.2 Å². The van der Waals surface area contributed by atoms with Gasteiger partial charge in [0.05, 0.1) is 6.10 Å². The van der Waals surface area contributed by atoms with Crippen molar-refractivity contribution in [1.82, 2.24) is 0 Å². The van der Waals surface area contributed by atoms with Crippen molar-refractivity contribution in [2.75, 3.05) is 14.2 Å². The molecule has 0 saturated carbocycles. The maximum absolute atomic E-state index is 10.6. The first kappa shape index (κ1) is 19.1. The zero-order valence-electron chi connectivity index (χ0n) is 15.2. The van der Waals surface area contributed by atoms with Gasteiger partial charge < -0.3 is 28.8 Å². The second kappa shape index (κ2) is 7.15. The lowest BCUT2D eigenvalue weighted by Crippen LogP contribution is -2.71. The largest absolute Gasteiger partial charge is 0.388 e. The van der Waals surface area contributed by atoms with Crippen LogP contribution >= 0.6 is 11.8 Å². The number of hydrogen-bond donors (Lipinski definition) is 1. The van der Waals surface area contributed by atoms with E-state index in [-0.39, 0.29) is 11.5 Å². The van der Waals surface area contributed by atoms with Gasteiger partial charge in [0.1, 0.15) is 23.7 Å². The van der Waals surface area contributed by atoms with Gasteiger partial charge in [0.15, 0.2) is 0 Å². The van der Waals surface area contributed by atoms with Crippen molar-refractivity contribution in [2.24, 2.45) is 0 Å². The molecule has 5 unspecified atom stereocenters. The fourth-order valence-corrected chi connectivity index (χ4v) is 4.33. The molecule has 25 heavy (non-hydrogen) atoms. The summed E-state index contributed by atoms with van der Waals surface area (Å²) in [5.74, 6) is -2.29. The normalized spacial score (nSPS) is 44.3. The lowest BCUT2D eigenvalue weighted by molar-refractivity contribution is -0.467. The molecule has 2 aliphatic heterocycles. The van der Waals surface area contributed by atoms with E-state index in [1.54, 1.807) is 32.7 Å². The van der Waals surface area contributed by atoms with Gasteiger partial charge in [0, 0.05) is 19.1 Å². The van der Waals surface area contributed by atoms with E-state index in [9.17, 15) is 5.11 Å². The van der Waals surface area contributed by atoms with Crippen LogP contribution in [0, 0.1) is 0 Å². The van der Waals surface area contributed by atoms with Crippen molar-refractivity contribution in [3.63, 3.8) is 0 Å². The van der Waals surface area contributed by atoms with Crippen molar-refractivity contribution in [1.29, 1.82) is 0 Å². The van der Waals surface area contributed by atoms with Crippen LogP contribution in [0.4, 0.5) is 0 Å². The van der Waals surface area contributed by atoms with Crippen LogP contribution in [0.25, 0.3) is 0 Å². The quantitative estimate of drug-likeness (QED) is 0.873. The number of aliphatic hydroxyl groups excluding tert-OH is 1. The summed E-state index contributed by atoms with van der Waals surface area (Å²) in [6.45, 7) is 5.34. The molecule has 3 rings (SSSR count). The third-order valence-corrected chi connectivity index (χ3v) is 6.24. The average molecular weight is 370 g/mol. The highest BCUT2D eigenvalue weighted by molar-refractivity contribution is 7.99. The van der Waals surface area contributed by atoms with Gasteiger partial charge in [0.25, 0.3) is 0 Å². The van der Waals surface area contributed by atoms with Crippen molar-refractivity contribution in [3.8, 4) is 0 Å². The summed E-state index contributed by atoms with van der Waals surface area (Å²) in [5, 5.41) is 10.6. The van der Waals surface area contributed by atoms with E-state index in [0.717, 1.165) is 4.90 Å². The number of fused-ring (bicyclic) bond motifs is 1. The lowest BCUT2D eigenvalue weighted by atomic mass is 9.96. The number of hydrogen-bond acceptors (Lipinski definition) is 7. The van der Waals surface area contributed by atoms with E-state index < -0.39 is 29.9 Å². The van der Waals surface area contributed by atoms with Gasteiger partial charge in [-0.1, -0.05) is 30.0 Å². The van der Waals surface area contributed by atoms with Crippen LogP contribution in [0.5, 0.6) is 0 Å². The molecule has 140 valence electrons. The first-order chi connectivity index (χ1) is 11.8. The third kappa shape index (κ3) is 3.35. The fraction of sp³-hybridized carbons (Fsp3) is 0.667.